The number of halogens is 2. The van der Waals surface area contributed by atoms with Crippen molar-refractivity contribution in [3.63, 3.8) is 0 Å². The molecule has 26 heavy (non-hydrogen) atoms. The zero-order valence-corrected chi connectivity index (χ0v) is 17.7. The van der Waals surface area contributed by atoms with Crippen LogP contribution in [0.4, 0.5) is 5.69 Å². The van der Waals surface area contributed by atoms with Crippen molar-refractivity contribution >= 4 is 43.3 Å². The molecule has 4 nitrogen and oxygen atoms in total. The van der Waals surface area contributed by atoms with Crippen LogP contribution >= 0.6 is 31.9 Å². The highest BCUT2D eigenvalue weighted by Crippen LogP contribution is 2.34. The molecule has 0 fully saturated rings. The summed E-state index contributed by atoms with van der Waals surface area (Å²) >= 11 is 7.00. The standard InChI is InChI=1S/C20H21Br2NO3/c1-2-3-4-5-14-6-8-16(9-7-14)20(24)19(22)18(21)15-10-12-17(13-11-15)23(25)26/h6-13,18-19H,2-5H2,1H3. The lowest BCUT2D eigenvalue weighted by Gasteiger charge is -2.16. The van der Waals surface area contributed by atoms with Gasteiger partial charge in [-0.25, -0.2) is 0 Å². The van der Waals surface area contributed by atoms with Gasteiger partial charge in [0, 0.05) is 17.7 Å². The van der Waals surface area contributed by atoms with E-state index in [1.54, 1.807) is 12.1 Å². The van der Waals surface area contributed by atoms with Gasteiger partial charge in [0.05, 0.1) is 14.6 Å². The van der Waals surface area contributed by atoms with E-state index in [0.29, 0.717) is 5.56 Å². The van der Waals surface area contributed by atoms with Gasteiger partial charge in [0.25, 0.3) is 5.69 Å². The van der Waals surface area contributed by atoms with Crippen molar-refractivity contribution in [2.45, 2.75) is 42.3 Å². The van der Waals surface area contributed by atoms with E-state index in [9.17, 15) is 14.9 Å². The lowest BCUT2D eigenvalue weighted by Crippen LogP contribution is -2.19. The number of rotatable bonds is 9. The SMILES string of the molecule is CCCCCc1ccc(C(=O)C(Br)C(Br)c2ccc([N+](=O)[O-])cc2)cc1. The van der Waals surface area contributed by atoms with Gasteiger partial charge in [-0.05, 0) is 24.0 Å². The molecule has 138 valence electrons. The van der Waals surface area contributed by atoms with Crippen molar-refractivity contribution in [1.82, 2.24) is 0 Å². The first kappa shape index (κ1) is 20.8. The molecule has 0 aliphatic heterocycles. The average Bonchev–Trinajstić information content (AvgIpc) is 2.67. The number of carbonyl (C=O) groups is 1. The maximum atomic E-state index is 12.7. The Hall–Kier alpha value is -1.53. The molecule has 2 atom stereocenters. The predicted molar refractivity (Wildman–Crippen MR) is 111 cm³/mol. The molecule has 2 rings (SSSR count). The molecule has 2 aromatic carbocycles. The van der Waals surface area contributed by atoms with Crippen LogP contribution in [0.2, 0.25) is 0 Å². The average molecular weight is 483 g/mol. The smallest absolute Gasteiger partial charge is 0.269 e. The van der Waals surface area contributed by atoms with E-state index >= 15 is 0 Å². The number of nitro groups is 1. The molecule has 0 saturated carbocycles. The van der Waals surface area contributed by atoms with Gasteiger partial charge in [-0.2, -0.15) is 0 Å². The van der Waals surface area contributed by atoms with Gasteiger partial charge in [-0.1, -0.05) is 88.0 Å². The number of aryl methyl sites for hydroxylation is 1. The van der Waals surface area contributed by atoms with Crippen LogP contribution in [-0.2, 0) is 6.42 Å². The number of unbranched alkanes of at least 4 members (excludes halogenated alkanes) is 2. The first-order chi connectivity index (χ1) is 12.4. The summed E-state index contributed by atoms with van der Waals surface area (Å²) in [5, 5.41) is 10.8. The van der Waals surface area contributed by atoms with E-state index in [2.05, 4.69) is 38.8 Å². The van der Waals surface area contributed by atoms with Gasteiger partial charge in [0.15, 0.2) is 5.78 Å². The van der Waals surface area contributed by atoms with Gasteiger partial charge < -0.3 is 0 Å². The monoisotopic (exact) mass is 481 g/mol. The van der Waals surface area contributed by atoms with Crippen LogP contribution in [0.3, 0.4) is 0 Å². The van der Waals surface area contributed by atoms with Crippen LogP contribution in [0.25, 0.3) is 0 Å². The third-order valence-corrected chi connectivity index (χ3v) is 6.95. The third-order valence-electron chi connectivity index (χ3n) is 4.24. The van der Waals surface area contributed by atoms with Gasteiger partial charge >= 0.3 is 0 Å². The Bertz CT molecular complexity index is 745. The van der Waals surface area contributed by atoms with Crippen LogP contribution in [0.15, 0.2) is 48.5 Å². The molecule has 0 aromatic heterocycles. The molecular weight excluding hydrogens is 462 g/mol. The Kier molecular flexibility index (Phi) is 7.97. The van der Waals surface area contributed by atoms with Crippen molar-refractivity contribution in [2.75, 3.05) is 0 Å². The van der Waals surface area contributed by atoms with Crippen LogP contribution in [0.5, 0.6) is 0 Å². The molecule has 2 aromatic rings. The summed E-state index contributed by atoms with van der Waals surface area (Å²) < 4.78 is 0. The van der Waals surface area contributed by atoms with E-state index in [1.165, 1.54) is 30.5 Å². The minimum absolute atomic E-state index is 0.0228. The van der Waals surface area contributed by atoms with Crippen molar-refractivity contribution in [1.29, 1.82) is 0 Å². The van der Waals surface area contributed by atoms with E-state index in [1.807, 2.05) is 24.3 Å². The molecule has 6 heteroatoms. The number of non-ortho nitro benzene ring substituents is 1. The highest BCUT2D eigenvalue weighted by atomic mass is 79.9. The summed E-state index contributed by atoms with van der Waals surface area (Å²) in [7, 11) is 0. The second kappa shape index (κ2) is 9.97. The maximum Gasteiger partial charge on any atom is 0.269 e. The number of nitro benzene ring substituents is 1. The van der Waals surface area contributed by atoms with Gasteiger partial charge in [0.1, 0.15) is 0 Å². The van der Waals surface area contributed by atoms with Crippen LogP contribution in [-0.4, -0.2) is 15.5 Å². The zero-order valence-electron chi connectivity index (χ0n) is 14.5. The maximum absolute atomic E-state index is 12.7. The number of hydrogen-bond donors (Lipinski definition) is 0. The van der Waals surface area contributed by atoms with Crippen molar-refractivity contribution in [2.24, 2.45) is 0 Å². The number of carbonyl (C=O) groups excluding carboxylic acids is 1. The molecule has 0 N–H and O–H groups in total. The third kappa shape index (κ3) is 5.48. The van der Waals surface area contributed by atoms with Crippen molar-refractivity contribution in [3.8, 4) is 0 Å². The first-order valence-electron chi connectivity index (χ1n) is 8.59. The molecule has 0 saturated heterocycles. The van der Waals surface area contributed by atoms with Crippen LogP contribution < -0.4 is 0 Å². The fraction of sp³-hybridized carbons (Fsp3) is 0.350. The summed E-state index contributed by atoms with van der Waals surface area (Å²) in [4.78, 5) is 22.3. The minimum Gasteiger partial charge on any atom is -0.293 e. The molecule has 0 aliphatic carbocycles. The fourth-order valence-corrected chi connectivity index (χ4v) is 3.77. The number of ketones is 1. The number of nitrogens with zero attached hydrogens (tertiary/aromatic N) is 1. The number of alkyl halides is 2. The lowest BCUT2D eigenvalue weighted by atomic mass is 10.00. The summed E-state index contributed by atoms with van der Waals surface area (Å²) in [5.41, 5.74) is 2.73. The highest BCUT2D eigenvalue weighted by molar-refractivity contribution is 9.12. The number of Topliss-reactive ketones (excluding diaryl/α,β-unsaturated/α-hetero) is 1. The molecule has 0 aliphatic rings. The Balaban J connectivity index is 2.04. The molecular formula is C20H21Br2NO3. The normalized spacial score (nSPS) is 13.2. The lowest BCUT2D eigenvalue weighted by molar-refractivity contribution is -0.384. The van der Waals surface area contributed by atoms with Crippen LogP contribution in [0.1, 0.15) is 52.5 Å². The van der Waals surface area contributed by atoms with Gasteiger partial charge in [-0.15, -0.1) is 0 Å². The molecule has 0 spiro atoms. The van der Waals surface area contributed by atoms with Crippen molar-refractivity contribution in [3.05, 3.63) is 75.3 Å². The molecule has 0 radical (unpaired) electrons. The molecule has 0 bridgehead atoms. The molecule has 2 unspecified atom stereocenters. The molecule has 0 amide bonds. The fourth-order valence-electron chi connectivity index (χ4n) is 2.66. The minimum atomic E-state index is -0.463. The van der Waals surface area contributed by atoms with Gasteiger partial charge in [0.2, 0.25) is 0 Å². The second-order valence-corrected chi connectivity index (χ2v) is 8.14. The van der Waals surface area contributed by atoms with Gasteiger partial charge in [-0.3, -0.25) is 14.9 Å². The summed E-state index contributed by atoms with van der Waals surface area (Å²) in [6.45, 7) is 2.18. The Morgan fingerprint density at radius 1 is 1.04 bits per heavy atom. The second-order valence-electron chi connectivity index (χ2n) is 6.17. The summed E-state index contributed by atoms with van der Waals surface area (Å²) in [6.07, 6.45) is 4.60. The predicted octanol–water partition coefficient (Wildman–Crippen LogP) is 6.41. The summed E-state index contributed by atoms with van der Waals surface area (Å²) in [5.74, 6) is -0.0228. The Labute approximate surface area is 170 Å². The Morgan fingerprint density at radius 2 is 1.65 bits per heavy atom. The quantitative estimate of drug-likeness (QED) is 0.136. The van der Waals surface area contributed by atoms with Crippen molar-refractivity contribution < 1.29 is 9.72 Å². The summed E-state index contributed by atoms with van der Waals surface area (Å²) in [6, 6.07) is 14.0. The highest BCUT2D eigenvalue weighted by Gasteiger charge is 2.26. The largest absolute Gasteiger partial charge is 0.293 e. The Morgan fingerprint density at radius 3 is 2.19 bits per heavy atom. The van der Waals surface area contributed by atoms with E-state index in [4.69, 9.17) is 0 Å². The first-order valence-corrected chi connectivity index (χ1v) is 10.4. The number of benzene rings is 2. The molecule has 0 heterocycles. The van der Waals surface area contributed by atoms with E-state index in [0.717, 1.165) is 18.4 Å². The topological polar surface area (TPSA) is 60.2 Å². The number of hydrogen-bond acceptors (Lipinski definition) is 3. The zero-order chi connectivity index (χ0) is 19.1. The van der Waals surface area contributed by atoms with E-state index < -0.39 is 9.75 Å². The van der Waals surface area contributed by atoms with E-state index in [-0.39, 0.29) is 16.3 Å². The van der Waals surface area contributed by atoms with Crippen LogP contribution in [0, 0.1) is 10.1 Å².